The Morgan fingerprint density at radius 2 is 1.70 bits per heavy atom. The van der Waals surface area contributed by atoms with Gasteiger partial charge in [-0.2, -0.15) is 11.8 Å². The molecule has 1 aromatic rings. The summed E-state index contributed by atoms with van der Waals surface area (Å²) < 4.78 is 11.2. The van der Waals surface area contributed by atoms with E-state index in [2.05, 4.69) is 13.8 Å². The number of nitrogens with two attached hydrogens (primary N) is 1. The Labute approximate surface area is 127 Å². The lowest BCUT2D eigenvalue weighted by molar-refractivity contribution is 0.287. The average molecular weight is 297 g/mol. The normalized spacial score (nSPS) is 12.5. The van der Waals surface area contributed by atoms with Gasteiger partial charge in [-0.25, -0.2) is 0 Å². The van der Waals surface area contributed by atoms with Crippen molar-refractivity contribution in [1.82, 2.24) is 0 Å². The first-order chi connectivity index (χ1) is 9.58. The van der Waals surface area contributed by atoms with Crippen LogP contribution >= 0.6 is 11.8 Å². The van der Waals surface area contributed by atoms with Crippen molar-refractivity contribution in [3.05, 3.63) is 23.8 Å². The minimum absolute atomic E-state index is 0.0358. The zero-order chi connectivity index (χ0) is 15.0. The van der Waals surface area contributed by atoms with E-state index in [-0.39, 0.29) is 6.04 Å². The number of rotatable bonds is 9. The van der Waals surface area contributed by atoms with Gasteiger partial charge in [-0.3, -0.25) is 0 Å². The van der Waals surface area contributed by atoms with Crippen molar-refractivity contribution in [2.24, 2.45) is 11.7 Å². The lowest BCUT2D eigenvalue weighted by atomic mass is 10.1. The summed E-state index contributed by atoms with van der Waals surface area (Å²) in [6.45, 7) is 9.65. The largest absolute Gasteiger partial charge is 0.490 e. The molecule has 0 saturated heterocycles. The van der Waals surface area contributed by atoms with Crippen LogP contribution in [0.15, 0.2) is 18.2 Å². The highest BCUT2D eigenvalue weighted by Gasteiger charge is 2.11. The van der Waals surface area contributed by atoms with Crippen LogP contribution in [0.1, 0.15) is 39.3 Å². The van der Waals surface area contributed by atoms with Crippen molar-refractivity contribution >= 4 is 11.8 Å². The van der Waals surface area contributed by atoms with Gasteiger partial charge in [0.2, 0.25) is 0 Å². The van der Waals surface area contributed by atoms with E-state index in [1.54, 1.807) is 0 Å². The Hall–Kier alpha value is -0.870. The molecule has 1 atom stereocenters. The summed E-state index contributed by atoms with van der Waals surface area (Å²) in [4.78, 5) is 0. The molecule has 0 aliphatic carbocycles. The molecule has 0 bridgehead atoms. The highest BCUT2D eigenvalue weighted by Crippen LogP contribution is 2.31. The summed E-state index contributed by atoms with van der Waals surface area (Å²) >= 11 is 1.90. The van der Waals surface area contributed by atoms with Gasteiger partial charge in [-0.05, 0) is 43.2 Å². The molecule has 1 aromatic carbocycles. The molecule has 0 fully saturated rings. The summed E-state index contributed by atoms with van der Waals surface area (Å²) in [6, 6.07) is 6.04. The van der Waals surface area contributed by atoms with Crippen LogP contribution < -0.4 is 15.2 Å². The van der Waals surface area contributed by atoms with Gasteiger partial charge in [0.25, 0.3) is 0 Å². The van der Waals surface area contributed by atoms with Crippen LogP contribution in [0.5, 0.6) is 11.5 Å². The number of ether oxygens (including phenoxy) is 2. The standard InChI is InChI=1S/C16H27NO2S/c1-5-18-15-8-7-13(9-16(15)19-6-2)14(17)11-20-10-12(3)4/h7-9,12,14H,5-6,10-11,17H2,1-4H3. The van der Waals surface area contributed by atoms with Crippen LogP contribution in [0.2, 0.25) is 0 Å². The fourth-order valence-corrected chi connectivity index (χ4v) is 2.88. The zero-order valence-electron chi connectivity index (χ0n) is 13.0. The third-order valence-electron chi connectivity index (χ3n) is 2.74. The van der Waals surface area contributed by atoms with Crippen molar-refractivity contribution in [1.29, 1.82) is 0 Å². The topological polar surface area (TPSA) is 44.5 Å². The fourth-order valence-electron chi connectivity index (χ4n) is 1.83. The molecule has 114 valence electrons. The second kappa shape index (κ2) is 9.14. The quantitative estimate of drug-likeness (QED) is 0.751. The van der Waals surface area contributed by atoms with Gasteiger partial charge in [-0.15, -0.1) is 0 Å². The molecule has 0 aliphatic heterocycles. The van der Waals surface area contributed by atoms with E-state index < -0.39 is 0 Å². The number of hydrogen-bond acceptors (Lipinski definition) is 4. The van der Waals surface area contributed by atoms with Gasteiger partial charge >= 0.3 is 0 Å². The summed E-state index contributed by atoms with van der Waals surface area (Å²) in [5, 5.41) is 0. The molecule has 0 aliphatic rings. The van der Waals surface area contributed by atoms with E-state index in [4.69, 9.17) is 15.2 Å². The van der Waals surface area contributed by atoms with Crippen molar-refractivity contribution in [2.45, 2.75) is 33.7 Å². The van der Waals surface area contributed by atoms with E-state index in [1.165, 1.54) is 0 Å². The maximum atomic E-state index is 6.25. The van der Waals surface area contributed by atoms with E-state index in [1.807, 2.05) is 43.8 Å². The van der Waals surface area contributed by atoms with E-state index >= 15 is 0 Å². The average Bonchev–Trinajstić information content (AvgIpc) is 2.40. The Balaban J connectivity index is 2.71. The first kappa shape index (κ1) is 17.2. The molecule has 1 rings (SSSR count). The molecule has 0 spiro atoms. The minimum atomic E-state index is 0.0358. The van der Waals surface area contributed by atoms with Crippen molar-refractivity contribution in [2.75, 3.05) is 24.7 Å². The molecular formula is C16H27NO2S. The molecule has 0 amide bonds. The summed E-state index contributed by atoms with van der Waals surface area (Å²) in [5.74, 6) is 4.35. The van der Waals surface area contributed by atoms with Crippen LogP contribution in [-0.4, -0.2) is 24.7 Å². The first-order valence-electron chi connectivity index (χ1n) is 7.31. The molecule has 3 nitrogen and oxygen atoms in total. The monoisotopic (exact) mass is 297 g/mol. The number of benzene rings is 1. The van der Waals surface area contributed by atoms with E-state index in [0.29, 0.717) is 19.1 Å². The van der Waals surface area contributed by atoms with Crippen molar-refractivity contribution in [3.63, 3.8) is 0 Å². The van der Waals surface area contributed by atoms with Crippen molar-refractivity contribution in [3.8, 4) is 11.5 Å². The zero-order valence-corrected chi connectivity index (χ0v) is 13.8. The number of thioether (sulfide) groups is 1. The second-order valence-corrected chi connectivity index (χ2v) is 6.18. The maximum Gasteiger partial charge on any atom is 0.161 e. The molecule has 4 heteroatoms. The first-order valence-corrected chi connectivity index (χ1v) is 8.46. The summed E-state index contributed by atoms with van der Waals surface area (Å²) in [6.07, 6.45) is 0. The van der Waals surface area contributed by atoms with Crippen LogP contribution in [0.3, 0.4) is 0 Å². The molecule has 1 unspecified atom stereocenters. The molecular weight excluding hydrogens is 270 g/mol. The Morgan fingerprint density at radius 1 is 1.05 bits per heavy atom. The molecule has 0 saturated carbocycles. The second-order valence-electron chi connectivity index (χ2n) is 5.11. The molecule has 2 N–H and O–H groups in total. The molecule has 0 heterocycles. The summed E-state index contributed by atoms with van der Waals surface area (Å²) in [5.41, 5.74) is 7.36. The van der Waals surface area contributed by atoms with E-state index in [9.17, 15) is 0 Å². The highest BCUT2D eigenvalue weighted by atomic mass is 32.2. The Kier molecular flexibility index (Phi) is 7.85. The lowest BCUT2D eigenvalue weighted by Crippen LogP contribution is -2.14. The van der Waals surface area contributed by atoms with Gasteiger partial charge < -0.3 is 15.2 Å². The molecule has 0 radical (unpaired) electrons. The third kappa shape index (κ3) is 5.63. The van der Waals surface area contributed by atoms with Gasteiger partial charge in [0, 0.05) is 11.8 Å². The minimum Gasteiger partial charge on any atom is -0.490 e. The summed E-state index contributed by atoms with van der Waals surface area (Å²) in [7, 11) is 0. The van der Waals surface area contributed by atoms with E-state index in [0.717, 1.165) is 28.6 Å². The lowest BCUT2D eigenvalue weighted by Gasteiger charge is -2.16. The maximum absolute atomic E-state index is 6.25. The SMILES string of the molecule is CCOc1ccc(C(N)CSCC(C)C)cc1OCC. The number of hydrogen-bond donors (Lipinski definition) is 1. The fraction of sp³-hybridized carbons (Fsp3) is 0.625. The molecule has 20 heavy (non-hydrogen) atoms. The van der Waals surface area contributed by atoms with Crippen LogP contribution in [0.4, 0.5) is 0 Å². The molecule has 0 aromatic heterocycles. The van der Waals surface area contributed by atoms with Crippen LogP contribution in [0, 0.1) is 5.92 Å². The van der Waals surface area contributed by atoms with Crippen LogP contribution in [0.25, 0.3) is 0 Å². The van der Waals surface area contributed by atoms with Gasteiger partial charge in [0.1, 0.15) is 0 Å². The Bertz CT molecular complexity index is 396. The highest BCUT2D eigenvalue weighted by molar-refractivity contribution is 7.99. The van der Waals surface area contributed by atoms with Gasteiger partial charge in [0.15, 0.2) is 11.5 Å². The van der Waals surface area contributed by atoms with Crippen molar-refractivity contribution < 1.29 is 9.47 Å². The predicted molar refractivity (Wildman–Crippen MR) is 87.9 cm³/mol. The third-order valence-corrected chi connectivity index (χ3v) is 4.24. The van der Waals surface area contributed by atoms with Gasteiger partial charge in [-0.1, -0.05) is 19.9 Å². The smallest absolute Gasteiger partial charge is 0.161 e. The Morgan fingerprint density at radius 3 is 2.30 bits per heavy atom. The predicted octanol–water partition coefficient (Wildman–Crippen LogP) is 3.87. The van der Waals surface area contributed by atoms with Gasteiger partial charge in [0.05, 0.1) is 13.2 Å². The van der Waals surface area contributed by atoms with Crippen LogP contribution in [-0.2, 0) is 0 Å².